The molecule has 3 heteroatoms. The number of nitrogens with zero attached hydrogens (tertiary/aromatic N) is 1. The minimum Gasteiger partial charge on any atom is -0.319 e. The van der Waals surface area contributed by atoms with Gasteiger partial charge >= 0.3 is 0 Å². The van der Waals surface area contributed by atoms with Crippen LogP contribution in [0.15, 0.2) is 10.6 Å². The van der Waals surface area contributed by atoms with Crippen molar-refractivity contribution in [1.29, 1.82) is 0 Å². The first-order valence-electron chi connectivity index (χ1n) is 4.75. The van der Waals surface area contributed by atoms with Gasteiger partial charge in [0, 0.05) is 24.1 Å². The second kappa shape index (κ2) is 6.08. The molecule has 0 spiro atoms. The second-order valence-corrected chi connectivity index (χ2v) is 3.45. The molecule has 1 amide bonds. The molecule has 0 N–H and O–H groups in total. The number of hydrogen-bond acceptors (Lipinski definition) is 2. The van der Waals surface area contributed by atoms with Crippen molar-refractivity contribution in [3.8, 4) is 0 Å². The molecule has 0 unspecified atom stereocenters. The van der Waals surface area contributed by atoms with E-state index in [9.17, 15) is 4.79 Å². The molecule has 0 aromatic rings. The number of rotatable bonds is 4. The van der Waals surface area contributed by atoms with Crippen LogP contribution in [0.25, 0.3) is 0 Å². The van der Waals surface area contributed by atoms with Crippen molar-refractivity contribution in [2.24, 2.45) is 0 Å². The van der Waals surface area contributed by atoms with Gasteiger partial charge in [0.2, 0.25) is 5.91 Å². The molecule has 76 valence electrons. The van der Waals surface area contributed by atoms with E-state index in [2.05, 4.69) is 12.6 Å². The van der Waals surface area contributed by atoms with E-state index in [1.807, 2.05) is 27.8 Å². The topological polar surface area (TPSA) is 20.3 Å². The molecule has 0 aliphatic rings. The Morgan fingerprint density at radius 2 is 1.69 bits per heavy atom. The third-order valence-corrected chi connectivity index (χ3v) is 2.66. The van der Waals surface area contributed by atoms with Crippen molar-refractivity contribution >= 4 is 18.5 Å². The molecule has 0 rings (SSSR count). The summed E-state index contributed by atoms with van der Waals surface area (Å²) in [5, 5.41) is 0. The molecule has 0 atom stereocenters. The molecule has 0 radical (unpaired) electrons. The van der Waals surface area contributed by atoms with Gasteiger partial charge in [0.05, 0.1) is 0 Å². The largest absolute Gasteiger partial charge is 0.319 e. The van der Waals surface area contributed by atoms with Crippen molar-refractivity contribution in [3.05, 3.63) is 10.6 Å². The van der Waals surface area contributed by atoms with Crippen molar-refractivity contribution in [2.45, 2.75) is 40.0 Å². The summed E-state index contributed by atoms with van der Waals surface area (Å²) >= 11 is 4.36. The fraction of sp³-hybridized carbons (Fsp3) is 0.700. The van der Waals surface area contributed by atoms with Gasteiger partial charge in [-0.1, -0.05) is 20.8 Å². The van der Waals surface area contributed by atoms with Crippen molar-refractivity contribution in [3.63, 3.8) is 0 Å². The van der Waals surface area contributed by atoms with Gasteiger partial charge < -0.3 is 4.90 Å². The molecule has 0 aromatic carbocycles. The third kappa shape index (κ3) is 3.43. The van der Waals surface area contributed by atoms with Crippen LogP contribution in [-0.4, -0.2) is 17.9 Å². The van der Waals surface area contributed by atoms with Crippen molar-refractivity contribution in [2.75, 3.05) is 7.05 Å². The Bertz CT molecular complexity index is 211. The van der Waals surface area contributed by atoms with E-state index in [1.165, 1.54) is 0 Å². The highest BCUT2D eigenvalue weighted by molar-refractivity contribution is 7.84. The van der Waals surface area contributed by atoms with E-state index in [-0.39, 0.29) is 5.91 Å². The Hall–Kier alpha value is -0.440. The molecule has 2 nitrogen and oxygen atoms in total. The lowest BCUT2D eigenvalue weighted by Gasteiger charge is -2.21. The van der Waals surface area contributed by atoms with Crippen LogP contribution in [0.2, 0.25) is 0 Å². The molecular weight excluding hydrogens is 182 g/mol. The first-order valence-corrected chi connectivity index (χ1v) is 5.20. The molecule has 0 saturated heterocycles. The quantitative estimate of drug-likeness (QED) is 0.693. The first-order chi connectivity index (χ1) is 6.08. The predicted octanol–water partition coefficient (Wildman–Crippen LogP) is 2.82. The first kappa shape index (κ1) is 12.6. The van der Waals surface area contributed by atoms with E-state index < -0.39 is 0 Å². The fourth-order valence-electron chi connectivity index (χ4n) is 1.23. The Balaban J connectivity index is 4.68. The van der Waals surface area contributed by atoms with Gasteiger partial charge in [-0.3, -0.25) is 4.79 Å². The highest BCUT2D eigenvalue weighted by Gasteiger charge is 2.11. The maximum atomic E-state index is 11.4. The number of amides is 1. The molecular formula is C10H19NOS. The Labute approximate surface area is 86.4 Å². The monoisotopic (exact) mass is 201 g/mol. The Kier molecular flexibility index (Phi) is 5.88. The fourth-order valence-corrected chi connectivity index (χ4v) is 1.53. The summed E-state index contributed by atoms with van der Waals surface area (Å²) in [4.78, 5) is 14.1. The zero-order valence-corrected chi connectivity index (χ0v) is 9.82. The van der Waals surface area contributed by atoms with Gasteiger partial charge in [-0.2, -0.15) is 0 Å². The van der Waals surface area contributed by atoms with Crippen molar-refractivity contribution < 1.29 is 4.79 Å². The number of thiol groups is 1. The predicted molar refractivity (Wildman–Crippen MR) is 59.7 cm³/mol. The smallest absolute Gasteiger partial charge is 0.226 e. The summed E-state index contributed by atoms with van der Waals surface area (Å²) in [5.41, 5.74) is 1.04. The van der Waals surface area contributed by atoms with E-state index in [4.69, 9.17) is 0 Å². The maximum absolute atomic E-state index is 11.4. The Morgan fingerprint density at radius 3 is 2.00 bits per heavy atom. The number of allylic oxidation sites excluding steroid dienone is 2. The number of carbonyl (C=O) groups excluding carboxylic acids is 1. The van der Waals surface area contributed by atoms with Crippen LogP contribution in [0.3, 0.4) is 0 Å². The van der Waals surface area contributed by atoms with Gasteiger partial charge in [0.15, 0.2) is 0 Å². The van der Waals surface area contributed by atoms with Gasteiger partial charge in [-0.15, -0.1) is 12.6 Å². The highest BCUT2D eigenvalue weighted by Crippen LogP contribution is 2.19. The average Bonchev–Trinajstić information content (AvgIpc) is 2.17. The second-order valence-electron chi connectivity index (χ2n) is 2.91. The summed E-state index contributed by atoms with van der Waals surface area (Å²) in [7, 11) is 1.82. The number of carbonyl (C=O) groups is 1. The van der Waals surface area contributed by atoms with Crippen LogP contribution in [0.4, 0.5) is 0 Å². The van der Waals surface area contributed by atoms with E-state index >= 15 is 0 Å². The van der Waals surface area contributed by atoms with Crippen LogP contribution < -0.4 is 0 Å². The summed E-state index contributed by atoms with van der Waals surface area (Å²) in [5.74, 6) is 0.150. The third-order valence-electron chi connectivity index (χ3n) is 2.08. The zero-order valence-electron chi connectivity index (χ0n) is 8.92. The zero-order chi connectivity index (χ0) is 10.4. The van der Waals surface area contributed by atoms with Crippen LogP contribution in [0, 0.1) is 0 Å². The minimum atomic E-state index is 0.150. The summed E-state index contributed by atoms with van der Waals surface area (Å²) < 4.78 is 0. The molecule has 0 fully saturated rings. The SMILES string of the molecule is CCC(=O)N(C)/C(CC)=C(\S)CC. The van der Waals surface area contributed by atoms with Crippen LogP contribution in [-0.2, 0) is 4.79 Å². The van der Waals surface area contributed by atoms with Gasteiger partial charge in [-0.05, 0) is 12.8 Å². The summed E-state index contributed by atoms with van der Waals surface area (Å²) in [6.07, 6.45) is 2.29. The lowest BCUT2D eigenvalue weighted by Crippen LogP contribution is -2.25. The average molecular weight is 201 g/mol. The molecule has 0 bridgehead atoms. The van der Waals surface area contributed by atoms with E-state index in [1.54, 1.807) is 4.90 Å². The normalized spacial score (nSPS) is 12.4. The van der Waals surface area contributed by atoms with Crippen LogP contribution in [0.1, 0.15) is 40.0 Å². The highest BCUT2D eigenvalue weighted by atomic mass is 32.1. The van der Waals surface area contributed by atoms with E-state index in [0.717, 1.165) is 23.4 Å². The molecule has 0 aliphatic heterocycles. The van der Waals surface area contributed by atoms with Gasteiger partial charge in [-0.25, -0.2) is 0 Å². The molecule has 0 aliphatic carbocycles. The van der Waals surface area contributed by atoms with Crippen LogP contribution >= 0.6 is 12.6 Å². The van der Waals surface area contributed by atoms with Gasteiger partial charge in [0.1, 0.15) is 0 Å². The molecule has 13 heavy (non-hydrogen) atoms. The maximum Gasteiger partial charge on any atom is 0.226 e. The summed E-state index contributed by atoms with van der Waals surface area (Å²) in [6.45, 7) is 5.96. The van der Waals surface area contributed by atoms with Gasteiger partial charge in [0.25, 0.3) is 0 Å². The lowest BCUT2D eigenvalue weighted by molar-refractivity contribution is -0.127. The lowest BCUT2D eigenvalue weighted by atomic mass is 10.2. The minimum absolute atomic E-state index is 0.150. The standard InChI is InChI=1S/C10H19NOS/c1-5-8(9(13)6-2)11(4)10(12)7-3/h13H,5-7H2,1-4H3/b9-8-. The van der Waals surface area contributed by atoms with Crippen LogP contribution in [0.5, 0.6) is 0 Å². The molecule has 0 aromatic heterocycles. The molecule has 0 heterocycles. The Morgan fingerprint density at radius 1 is 1.15 bits per heavy atom. The molecule has 0 saturated carbocycles. The number of hydrogen-bond donors (Lipinski definition) is 1. The summed E-state index contributed by atoms with van der Waals surface area (Å²) in [6, 6.07) is 0. The van der Waals surface area contributed by atoms with E-state index in [0.29, 0.717) is 6.42 Å². The van der Waals surface area contributed by atoms with Crippen molar-refractivity contribution in [1.82, 2.24) is 4.90 Å².